The molecule has 2 aromatic rings. The van der Waals surface area contributed by atoms with Crippen LogP contribution in [0.3, 0.4) is 0 Å². The summed E-state index contributed by atoms with van der Waals surface area (Å²) in [6.45, 7) is 3.78. The molecular formula is C16H14O2Zn. The summed E-state index contributed by atoms with van der Waals surface area (Å²) in [5.74, 6) is 0. The SMILES string of the molecule is Cc1ccccc1[C-]=O.Cc1ccccc1[C-]=O.[Zn+2]. The third kappa shape index (κ3) is 5.71. The van der Waals surface area contributed by atoms with Gasteiger partial charge in [0.05, 0.1) is 12.6 Å². The van der Waals surface area contributed by atoms with Crippen LogP contribution in [-0.2, 0) is 29.1 Å². The molecule has 0 aliphatic rings. The first-order valence-electron chi connectivity index (χ1n) is 5.56. The molecule has 0 spiro atoms. The van der Waals surface area contributed by atoms with Crippen molar-refractivity contribution in [2.75, 3.05) is 0 Å². The zero-order chi connectivity index (χ0) is 13.4. The molecule has 2 rings (SSSR count). The monoisotopic (exact) mass is 302 g/mol. The second-order valence-corrected chi connectivity index (χ2v) is 3.83. The van der Waals surface area contributed by atoms with Crippen molar-refractivity contribution in [3.63, 3.8) is 0 Å². The molecule has 0 aliphatic heterocycles. The smallest absolute Gasteiger partial charge is 0.376 e. The first-order chi connectivity index (χ1) is 8.69. The van der Waals surface area contributed by atoms with Crippen LogP contribution in [0.4, 0.5) is 0 Å². The maximum atomic E-state index is 10.1. The Hall–Kier alpha value is -1.60. The molecule has 92 valence electrons. The van der Waals surface area contributed by atoms with Crippen LogP contribution in [0.5, 0.6) is 0 Å². The minimum Gasteiger partial charge on any atom is -0.376 e. The second-order valence-electron chi connectivity index (χ2n) is 3.83. The molecule has 0 aromatic heterocycles. The van der Waals surface area contributed by atoms with E-state index in [1.165, 1.54) is 0 Å². The Morgan fingerprint density at radius 2 is 1.00 bits per heavy atom. The Balaban J connectivity index is 0.000000324. The maximum Gasteiger partial charge on any atom is 2.00 e. The van der Waals surface area contributed by atoms with Crippen LogP contribution in [0.2, 0.25) is 0 Å². The average Bonchev–Trinajstić information content (AvgIpc) is 2.41. The summed E-state index contributed by atoms with van der Waals surface area (Å²) in [5, 5.41) is 0. The summed E-state index contributed by atoms with van der Waals surface area (Å²) in [6, 6.07) is 14.7. The van der Waals surface area contributed by atoms with Gasteiger partial charge in [-0.1, -0.05) is 26.0 Å². The molecule has 0 heterocycles. The van der Waals surface area contributed by atoms with Crippen LogP contribution < -0.4 is 0 Å². The minimum absolute atomic E-state index is 0. The van der Waals surface area contributed by atoms with E-state index in [9.17, 15) is 9.59 Å². The third-order valence-electron chi connectivity index (χ3n) is 2.51. The Morgan fingerprint density at radius 1 is 0.684 bits per heavy atom. The molecule has 0 radical (unpaired) electrons. The van der Waals surface area contributed by atoms with Crippen molar-refractivity contribution in [3.05, 3.63) is 70.8 Å². The molecule has 2 nitrogen and oxygen atoms in total. The van der Waals surface area contributed by atoms with Gasteiger partial charge in [0.25, 0.3) is 0 Å². The maximum absolute atomic E-state index is 10.1. The average molecular weight is 304 g/mol. The summed E-state index contributed by atoms with van der Waals surface area (Å²) < 4.78 is 0. The molecule has 0 atom stereocenters. The van der Waals surface area contributed by atoms with Gasteiger partial charge >= 0.3 is 19.5 Å². The van der Waals surface area contributed by atoms with Gasteiger partial charge in [0.2, 0.25) is 0 Å². The largest absolute Gasteiger partial charge is 2.00 e. The van der Waals surface area contributed by atoms with Gasteiger partial charge in [-0.3, -0.25) is 0 Å². The zero-order valence-corrected chi connectivity index (χ0v) is 14.1. The fraction of sp³-hybridized carbons (Fsp3) is 0.125. The predicted octanol–water partition coefficient (Wildman–Crippen LogP) is 2.90. The van der Waals surface area contributed by atoms with E-state index in [2.05, 4.69) is 0 Å². The van der Waals surface area contributed by atoms with E-state index in [-0.39, 0.29) is 19.5 Å². The molecule has 0 unspecified atom stereocenters. The summed E-state index contributed by atoms with van der Waals surface area (Å²) in [4.78, 5) is 20.2. The summed E-state index contributed by atoms with van der Waals surface area (Å²) in [7, 11) is 0. The topological polar surface area (TPSA) is 34.1 Å². The number of aryl methyl sites for hydroxylation is 2. The van der Waals surface area contributed by atoms with Crippen molar-refractivity contribution < 1.29 is 29.1 Å². The van der Waals surface area contributed by atoms with Gasteiger partial charge < -0.3 is 9.59 Å². The molecule has 0 fully saturated rings. The van der Waals surface area contributed by atoms with E-state index in [0.717, 1.165) is 11.1 Å². The van der Waals surface area contributed by atoms with Gasteiger partial charge in [-0.2, -0.15) is 12.1 Å². The number of hydrogen-bond acceptors (Lipinski definition) is 2. The Kier molecular flexibility index (Phi) is 8.56. The molecule has 0 amide bonds. The minimum atomic E-state index is 0. The van der Waals surface area contributed by atoms with Gasteiger partial charge in [-0.25, -0.2) is 0 Å². The van der Waals surface area contributed by atoms with Crippen molar-refractivity contribution in [1.82, 2.24) is 0 Å². The van der Waals surface area contributed by atoms with Crippen molar-refractivity contribution >= 4 is 12.6 Å². The van der Waals surface area contributed by atoms with Crippen LogP contribution in [0, 0.1) is 13.8 Å². The standard InChI is InChI=1S/2C8H7O.Zn/c2*1-7-4-2-3-5-8(7)6-9;/h2*2-5H,1H3;/q2*-1;+2. The van der Waals surface area contributed by atoms with E-state index in [1.807, 2.05) is 62.8 Å². The fourth-order valence-corrected chi connectivity index (χ4v) is 1.37. The van der Waals surface area contributed by atoms with Crippen molar-refractivity contribution in [2.45, 2.75) is 13.8 Å². The molecule has 2 aromatic carbocycles. The van der Waals surface area contributed by atoms with Crippen LogP contribution >= 0.6 is 0 Å². The van der Waals surface area contributed by atoms with Crippen molar-refractivity contribution in [1.29, 1.82) is 0 Å². The van der Waals surface area contributed by atoms with Gasteiger partial charge in [-0.05, 0) is 0 Å². The van der Waals surface area contributed by atoms with Gasteiger partial charge in [0, 0.05) is 0 Å². The van der Waals surface area contributed by atoms with E-state index >= 15 is 0 Å². The van der Waals surface area contributed by atoms with Crippen LogP contribution in [0.1, 0.15) is 22.3 Å². The number of rotatable bonds is 2. The van der Waals surface area contributed by atoms with Gasteiger partial charge in [0.15, 0.2) is 0 Å². The molecular weight excluding hydrogens is 290 g/mol. The fourth-order valence-electron chi connectivity index (χ4n) is 1.37. The second kappa shape index (κ2) is 9.35. The van der Waals surface area contributed by atoms with Crippen LogP contribution in [0.15, 0.2) is 48.5 Å². The quantitative estimate of drug-likeness (QED) is 0.631. The number of benzene rings is 2. The zero-order valence-electron chi connectivity index (χ0n) is 11.1. The van der Waals surface area contributed by atoms with E-state index in [4.69, 9.17) is 0 Å². The molecule has 0 saturated heterocycles. The van der Waals surface area contributed by atoms with E-state index in [1.54, 1.807) is 12.1 Å². The molecule has 0 N–H and O–H groups in total. The van der Waals surface area contributed by atoms with Crippen molar-refractivity contribution in [2.24, 2.45) is 0 Å². The van der Waals surface area contributed by atoms with Gasteiger partial charge in [-0.15, -0.1) is 46.5 Å². The Morgan fingerprint density at radius 3 is 1.21 bits per heavy atom. The van der Waals surface area contributed by atoms with Crippen LogP contribution in [-0.4, -0.2) is 12.6 Å². The van der Waals surface area contributed by atoms with Crippen molar-refractivity contribution in [3.8, 4) is 0 Å². The first kappa shape index (κ1) is 17.4. The summed E-state index contributed by atoms with van der Waals surface area (Å²) in [6.07, 6.45) is 3.69. The predicted molar refractivity (Wildman–Crippen MR) is 71.9 cm³/mol. The third-order valence-corrected chi connectivity index (χ3v) is 2.51. The van der Waals surface area contributed by atoms with Crippen LogP contribution in [0.25, 0.3) is 0 Å². The molecule has 19 heavy (non-hydrogen) atoms. The number of hydrogen-bond donors (Lipinski definition) is 0. The van der Waals surface area contributed by atoms with E-state index < -0.39 is 0 Å². The summed E-state index contributed by atoms with van der Waals surface area (Å²) in [5.41, 5.74) is 3.26. The molecule has 0 bridgehead atoms. The van der Waals surface area contributed by atoms with Gasteiger partial charge in [0.1, 0.15) is 0 Å². The Labute approximate surface area is 126 Å². The number of carbonyl (C=O) groups excluding carboxylic acids is 2. The first-order valence-corrected chi connectivity index (χ1v) is 5.56. The molecule has 0 saturated carbocycles. The molecule has 0 aliphatic carbocycles. The normalized spacial score (nSPS) is 8.53. The Bertz CT molecular complexity index is 486. The molecule has 3 heteroatoms. The van der Waals surface area contributed by atoms with E-state index in [0.29, 0.717) is 11.1 Å². The summed E-state index contributed by atoms with van der Waals surface area (Å²) >= 11 is 0.